The molecular formula is C16H16FN3. The van der Waals surface area contributed by atoms with Gasteiger partial charge in [0.15, 0.2) is 11.5 Å². The fraction of sp³-hybridized carbons (Fsp3) is 0.188. The van der Waals surface area contributed by atoms with Crippen LogP contribution in [0.25, 0.3) is 16.9 Å². The lowest BCUT2D eigenvalue weighted by Gasteiger charge is -2.11. The van der Waals surface area contributed by atoms with Crippen molar-refractivity contribution >= 4 is 5.65 Å². The monoisotopic (exact) mass is 269 g/mol. The molecule has 4 heteroatoms. The lowest BCUT2D eigenvalue weighted by atomic mass is 10.1. The van der Waals surface area contributed by atoms with Crippen molar-refractivity contribution in [3.63, 3.8) is 0 Å². The molecule has 0 saturated heterocycles. The molecule has 0 N–H and O–H groups in total. The van der Waals surface area contributed by atoms with E-state index in [1.807, 2.05) is 55.0 Å². The minimum Gasteiger partial charge on any atom is -0.304 e. The van der Waals surface area contributed by atoms with Crippen LogP contribution in [0.2, 0.25) is 0 Å². The summed E-state index contributed by atoms with van der Waals surface area (Å²) in [6, 6.07) is 13.0. The van der Waals surface area contributed by atoms with Gasteiger partial charge in [0.25, 0.3) is 0 Å². The van der Waals surface area contributed by atoms with E-state index in [-0.39, 0.29) is 5.82 Å². The molecule has 20 heavy (non-hydrogen) atoms. The molecule has 0 unspecified atom stereocenters. The number of nitrogens with zero attached hydrogens (tertiary/aromatic N) is 3. The maximum Gasteiger partial charge on any atom is 0.174 e. The van der Waals surface area contributed by atoms with Gasteiger partial charge in [-0.15, -0.1) is 0 Å². The Bertz CT molecular complexity index is 732. The highest BCUT2D eigenvalue weighted by Crippen LogP contribution is 2.26. The molecule has 102 valence electrons. The lowest BCUT2D eigenvalue weighted by molar-refractivity contribution is 0.396. The average Bonchev–Trinajstić information content (AvgIpc) is 2.80. The third-order valence-electron chi connectivity index (χ3n) is 3.21. The molecule has 3 rings (SSSR count). The molecular weight excluding hydrogens is 253 g/mol. The zero-order valence-corrected chi connectivity index (χ0v) is 11.5. The van der Waals surface area contributed by atoms with Crippen LogP contribution in [0.5, 0.6) is 0 Å². The minimum atomic E-state index is -0.297. The van der Waals surface area contributed by atoms with Crippen molar-refractivity contribution in [2.24, 2.45) is 0 Å². The predicted molar refractivity (Wildman–Crippen MR) is 78.0 cm³/mol. The molecule has 0 saturated carbocycles. The smallest absolute Gasteiger partial charge is 0.174 e. The van der Waals surface area contributed by atoms with Gasteiger partial charge in [-0.25, -0.2) is 9.37 Å². The number of halogens is 1. The normalized spacial score (nSPS) is 11.4. The van der Waals surface area contributed by atoms with Crippen LogP contribution in [-0.4, -0.2) is 28.4 Å². The molecule has 0 spiro atoms. The summed E-state index contributed by atoms with van der Waals surface area (Å²) in [5.74, 6) is -0.297. The quantitative estimate of drug-likeness (QED) is 0.728. The number of fused-ring (bicyclic) bond motifs is 1. The largest absolute Gasteiger partial charge is 0.304 e. The highest BCUT2D eigenvalue weighted by Gasteiger charge is 2.16. The number of hydrogen-bond acceptors (Lipinski definition) is 2. The molecule has 2 aromatic heterocycles. The molecule has 0 radical (unpaired) electrons. The number of hydrogen-bond donors (Lipinski definition) is 0. The van der Waals surface area contributed by atoms with Crippen LogP contribution in [0.4, 0.5) is 4.39 Å². The molecule has 0 aliphatic carbocycles. The maximum absolute atomic E-state index is 13.9. The maximum atomic E-state index is 13.9. The molecule has 0 aliphatic rings. The van der Waals surface area contributed by atoms with Gasteiger partial charge in [0.2, 0.25) is 0 Å². The first-order valence-corrected chi connectivity index (χ1v) is 6.52. The summed E-state index contributed by atoms with van der Waals surface area (Å²) in [5, 5.41) is 0. The molecule has 0 fully saturated rings. The Labute approximate surface area is 117 Å². The van der Waals surface area contributed by atoms with Crippen LogP contribution in [0.15, 0.2) is 48.7 Å². The van der Waals surface area contributed by atoms with Gasteiger partial charge >= 0.3 is 0 Å². The van der Waals surface area contributed by atoms with Gasteiger partial charge in [-0.1, -0.05) is 30.3 Å². The topological polar surface area (TPSA) is 20.5 Å². The predicted octanol–water partition coefficient (Wildman–Crippen LogP) is 3.20. The van der Waals surface area contributed by atoms with Crippen LogP contribution < -0.4 is 0 Å². The fourth-order valence-electron chi connectivity index (χ4n) is 2.36. The molecule has 3 nitrogen and oxygen atoms in total. The summed E-state index contributed by atoms with van der Waals surface area (Å²) in [4.78, 5) is 6.55. The van der Waals surface area contributed by atoms with E-state index in [9.17, 15) is 4.39 Å². The van der Waals surface area contributed by atoms with Crippen LogP contribution in [-0.2, 0) is 6.54 Å². The Kier molecular flexibility index (Phi) is 3.24. The van der Waals surface area contributed by atoms with Crippen molar-refractivity contribution < 1.29 is 4.39 Å². The Hall–Kier alpha value is -2.20. The second-order valence-corrected chi connectivity index (χ2v) is 5.06. The molecule has 0 atom stereocenters. The van der Waals surface area contributed by atoms with Gasteiger partial charge in [-0.05, 0) is 26.2 Å². The summed E-state index contributed by atoms with van der Waals surface area (Å²) >= 11 is 0. The number of pyridine rings is 1. The van der Waals surface area contributed by atoms with E-state index in [1.165, 1.54) is 6.07 Å². The standard InChI is InChI=1S/C16H16FN3/c1-19(2)11-14-15(12-7-4-3-5-8-12)18-16-13(17)9-6-10-20(14)16/h3-10H,11H2,1-2H3. The fourth-order valence-corrected chi connectivity index (χ4v) is 2.36. The molecule has 0 aliphatic heterocycles. The molecule has 2 heterocycles. The summed E-state index contributed by atoms with van der Waals surface area (Å²) < 4.78 is 15.8. The van der Waals surface area contributed by atoms with Crippen LogP contribution >= 0.6 is 0 Å². The van der Waals surface area contributed by atoms with Gasteiger partial charge in [0.1, 0.15) is 0 Å². The first kappa shape index (κ1) is 12.8. The zero-order chi connectivity index (χ0) is 14.1. The van der Waals surface area contributed by atoms with E-state index in [0.29, 0.717) is 12.2 Å². The van der Waals surface area contributed by atoms with Crippen LogP contribution in [0.3, 0.4) is 0 Å². The summed E-state index contributed by atoms with van der Waals surface area (Å²) in [6.45, 7) is 0.703. The van der Waals surface area contributed by atoms with Gasteiger partial charge in [0, 0.05) is 18.3 Å². The van der Waals surface area contributed by atoms with E-state index < -0.39 is 0 Å². The Balaban J connectivity index is 2.27. The van der Waals surface area contributed by atoms with Crippen molar-refractivity contribution in [3.8, 4) is 11.3 Å². The number of benzene rings is 1. The molecule has 0 amide bonds. The minimum absolute atomic E-state index is 0.297. The van der Waals surface area contributed by atoms with Gasteiger partial charge < -0.3 is 4.90 Å². The van der Waals surface area contributed by atoms with Crippen molar-refractivity contribution in [2.75, 3.05) is 14.1 Å². The first-order chi connectivity index (χ1) is 9.66. The second kappa shape index (κ2) is 5.06. The second-order valence-electron chi connectivity index (χ2n) is 5.06. The Morgan fingerprint density at radius 2 is 1.85 bits per heavy atom. The summed E-state index contributed by atoms with van der Waals surface area (Å²) in [6.07, 6.45) is 1.86. The lowest BCUT2D eigenvalue weighted by Crippen LogP contribution is -2.13. The van der Waals surface area contributed by atoms with E-state index in [1.54, 1.807) is 6.07 Å². The van der Waals surface area contributed by atoms with Crippen molar-refractivity contribution in [1.29, 1.82) is 0 Å². The van der Waals surface area contributed by atoms with E-state index in [4.69, 9.17) is 0 Å². The van der Waals surface area contributed by atoms with Crippen LogP contribution in [0, 0.1) is 5.82 Å². The SMILES string of the molecule is CN(C)Cc1c(-c2ccccc2)nc2c(F)cccn12. The third kappa shape index (κ3) is 2.18. The zero-order valence-electron chi connectivity index (χ0n) is 11.5. The van der Waals surface area contributed by atoms with Crippen molar-refractivity contribution in [2.45, 2.75) is 6.54 Å². The number of aromatic nitrogens is 2. The molecule has 3 aromatic rings. The van der Waals surface area contributed by atoms with Gasteiger partial charge in [-0.2, -0.15) is 0 Å². The van der Waals surface area contributed by atoms with E-state index in [2.05, 4.69) is 9.88 Å². The Morgan fingerprint density at radius 3 is 2.55 bits per heavy atom. The number of rotatable bonds is 3. The molecule has 0 bridgehead atoms. The van der Waals surface area contributed by atoms with Gasteiger partial charge in [-0.3, -0.25) is 4.40 Å². The van der Waals surface area contributed by atoms with E-state index in [0.717, 1.165) is 17.0 Å². The first-order valence-electron chi connectivity index (χ1n) is 6.52. The van der Waals surface area contributed by atoms with Crippen molar-refractivity contribution in [1.82, 2.24) is 14.3 Å². The molecule has 1 aromatic carbocycles. The average molecular weight is 269 g/mol. The van der Waals surface area contributed by atoms with E-state index >= 15 is 0 Å². The highest BCUT2D eigenvalue weighted by molar-refractivity contribution is 5.66. The number of imidazole rings is 1. The Morgan fingerprint density at radius 1 is 1.10 bits per heavy atom. The van der Waals surface area contributed by atoms with Crippen LogP contribution in [0.1, 0.15) is 5.69 Å². The third-order valence-corrected chi connectivity index (χ3v) is 3.21. The highest BCUT2D eigenvalue weighted by atomic mass is 19.1. The van der Waals surface area contributed by atoms with Gasteiger partial charge in [0.05, 0.1) is 11.4 Å². The summed E-state index contributed by atoms with van der Waals surface area (Å²) in [7, 11) is 3.99. The summed E-state index contributed by atoms with van der Waals surface area (Å²) in [5.41, 5.74) is 3.22. The van der Waals surface area contributed by atoms with Crippen molar-refractivity contribution in [3.05, 3.63) is 60.2 Å².